The number of hydrogen-bond acceptors (Lipinski definition) is 5. The van der Waals surface area contributed by atoms with E-state index in [1.54, 1.807) is 10.9 Å². The summed E-state index contributed by atoms with van der Waals surface area (Å²) in [5.74, 6) is 0. The lowest BCUT2D eigenvalue weighted by Gasteiger charge is -2.32. The van der Waals surface area contributed by atoms with E-state index in [9.17, 15) is 4.39 Å². The van der Waals surface area contributed by atoms with E-state index in [0.717, 1.165) is 19.5 Å². The molecule has 3 heterocycles. The topological polar surface area (TPSA) is 52.4 Å². The molecule has 1 atom stereocenters. The van der Waals surface area contributed by atoms with Gasteiger partial charge >= 0.3 is 7.12 Å². The molecule has 1 aromatic heterocycles. The Bertz CT molecular complexity index is 615. The molecule has 0 amide bonds. The van der Waals surface area contributed by atoms with E-state index in [2.05, 4.69) is 22.3 Å². The molecule has 2 aliphatic heterocycles. The van der Waals surface area contributed by atoms with E-state index in [1.165, 1.54) is 12.5 Å². The first-order valence-corrected chi connectivity index (χ1v) is 8.51. The van der Waals surface area contributed by atoms with E-state index < -0.39 is 24.0 Å². The van der Waals surface area contributed by atoms with Crippen LogP contribution in [0.3, 0.4) is 0 Å². The van der Waals surface area contributed by atoms with E-state index in [4.69, 9.17) is 9.31 Å². The van der Waals surface area contributed by atoms with E-state index >= 15 is 0 Å². The Labute approximate surface area is 143 Å². The number of halogens is 1. The Kier molecular flexibility index (Phi) is 4.57. The van der Waals surface area contributed by atoms with Crippen LogP contribution in [0.15, 0.2) is 11.9 Å². The number of aromatic nitrogens is 3. The SMILES string of the molecule is CN1CCCC1Cn1cc(C=C(F)B2OC(C)(C)C(C)(C)O2)nn1. The summed E-state index contributed by atoms with van der Waals surface area (Å²) in [5.41, 5.74) is -1.14. The monoisotopic (exact) mass is 336 g/mol. The average Bonchev–Trinajstić information content (AvgIpc) is 3.12. The molecule has 0 saturated carbocycles. The van der Waals surface area contributed by atoms with Gasteiger partial charge in [0.05, 0.1) is 23.9 Å². The van der Waals surface area contributed by atoms with Gasteiger partial charge in [0.15, 0.2) is 0 Å². The van der Waals surface area contributed by atoms with Gasteiger partial charge in [0.2, 0.25) is 0 Å². The summed E-state index contributed by atoms with van der Waals surface area (Å²) < 4.78 is 27.7. The second-order valence-electron chi connectivity index (χ2n) is 7.76. The number of likely N-dealkylation sites (tertiary alicyclic amines) is 1. The van der Waals surface area contributed by atoms with Crippen molar-refractivity contribution < 1.29 is 13.7 Å². The van der Waals surface area contributed by atoms with Gasteiger partial charge < -0.3 is 14.2 Å². The summed E-state index contributed by atoms with van der Waals surface area (Å²) in [7, 11) is 1.12. The van der Waals surface area contributed by atoms with Crippen LogP contribution in [0.1, 0.15) is 46.2 Å². The molecule has 6 nitrogen and oxygen atoms in total. The third-order valence-corrected chi connectivity index (χ3v) is 5.39. The highest BCUT2D eigenvalue weighted by molar-refractivity contribution is 6.54. The molecule has 1 aromatic rings. The number of likely N-dealkylation sites (N-methyl/N-ethyl adjacent to an activating group) is 1. The molecule has 3 rings (SSSR count). The second-order valence-corrected chi connectivity index (χ2v) is 7.76. The first-order chi connectivity index (χ1) is 11.2. The normalized spacial score (nSPS) is 27.2. The van der Waals surface area contributed by atoms with Crippen molar-refractivity contribution in [2.45, 2.75) is 64.3 Å². The second kappa shape index (κ2) is 6.24. The maximum atomic E-state index is 14.5. The van der Waals surface area contributed by atoms with Crippen molar-refractivity contribution in [2.24, 2.45) is 0 Å². The van der Waals surface area contributed by atoms with Gasteiger partial charge in [-0.3, -0.25) is 4.68 Å². The van der Waals surface area contributed by atoms with Crippen LogP contribution in [-0.2, 0) is 15.9 Å². The highest BCUT2D eigenvalue weighted by Crippen LogP contribution is 2.38. The van der Waals surface area contributed by atoms with Gasteiger partial charge in [0, 0.05) is 6.04 Å². The lowest BCUT2D eigenvalue weighted by atomic mass is 9.87. The van der Waals surface area contributed by atoms with Gasteiger partial charge in [-0.25, -0.2) is 4.39 Å². The van der Waals surface area contributed by atoms with E-state index in [0.29, 0.717) is 11.7 Å². The van der Waals surface area contributed by atoms with Crippen LogP contribution in [0.2, 0.25) is 0 Å². The molecule has 8 heteroatoms. The van der Waals surface area contributed by atoms with Gasteiger partial charge in [0.25, 0.3) is 0 Å². The molecule has 0 spiro atoms. The van der Waals surface area contributed by atoms with Gasteiger partial charge in [-0.15, -0.1) is 5.10 Å². The minimum absolute atomic E-state index is 0.469. The molecule has 0 radical (unpaired) electrons. The molecule has 24 heavy (non-hydrogen) atoms. The molecule has 1 unspecified atom stereocenters. The third-order valence-electron chi connectivity index (χ3n) is 5.39. The van der Waals surface area contributed by atoms with Crippen LogP contribution in [0.4, 0.5) is 4.39 Å². The summed E-state index contributed by atoms with van der Waals surface area (Å²) in [6, 6.07) is 0.469. The van der Waals surface area contributed by atoms with Crippen LogP contribution in [0, 0.1) is 0 Å². The van der Waals surface area contributed by atoms with Crippen LogP contribution >= 0.6 is 0 Å². The number of nitrogens with zero attached hydrogens (tertiary/aromatic N) is 4. The van der Waals surface area contributed by atoms with Gasteiger partial charge in [-0.05, 0) is 60.2 Å². The van der Waals surface area contributed by atoms with Crippen molar-refractivity contribution in [1.82, 2.24) is 19.9 Å². The molecular weight excluding hydrogens is 310 g/mol. The third kappa shape index (κ3) is 3.41. The lowest BCUT2D eigenvalue weighted by Crippen LogP contribution is -2.41. The first kappa shape index (κ1) is 17.6. The van der Waals surface area contributed by atoms with Crippen molar-refractivity contribution >= 4 is 13.2 Å². The summed E-state index contributed by atoms with van der Waals surface area (Å²) >= 11 is 0. The Hall–Kier alpha value is -1.25. The zero-order chi connectivity index (χ0) is 17.5. The van der Waals surface area contributed by atoms with Crippen molar-refractivity contribution in [3.8, 4) is 0 Å². The van der Waals surface area contributed by atoms with E-state index in [-0.39, 0.29) is 0 Å². The fourth-order valence-electron chi connectivity index (χ4n) is 3.06. The summed E-state index contributed by atoms with van der Waals surface area (Å²) in [6.07, 6.45) is 5.46. The molecule has 2 aliphatic rings. The Morgan fingerprint density at radius 2 is 2.04 bits per heavy atom. The molecule has 0 N–H and O–H groups in total. The number of rotatable bonds is 4. The maximum absolute atomic E-state index is 14.5. The molecule has 0 aromatic carbocycles. The van der Waals surface area contributed by atoms with Crippen LogP contribution < -0.4 is 0 Å². The van der Waals surface area contributed by atoms with Crippen LogP contribution in [0.25, 0.3) is 6.08 Å². The van der Waals surface area contributed by atoms with Gasteiger partial charge in [-0.2, -0.15) is 0 Å². The smallest absolute Gasteiger partial charge is 0.398 e. The molecule has 132 valence electrons. The Balaban J connectivity index is 1.66. The molecular formula is C16H26BFN4O2. The van der Waals surface area contributed by atoms with E-state index in [1.807, 2.05) is 27.7 Å². The molecule has 2 saturated heterocycles. The van der Waals surface area contributed by atoms with Gasteiger partial charge in [0.1, 0.15) is 11.4 Å². The van der Waals surface area contributed by atoms with Crippen LogP contribution in [0.5, 0.6) is 0 Å². The van der Waals surface area contributed by atoms with Crippen molar-refractivity contribution in [3.05, 3.63) is 17.6 Å². The van der Waals surface area contributed by atoms with Crippen LogP contribution in [-0.4, -0.2) is 57.8 Å². The average molecular weight is 336 g/mol. The number of hydrogen-bond donors (Lipinski definition) is 0. The summed E-state index contributed by atoms with van der Waals surface area (Å²) in [4.78, 5) is 2.32. The highest BCUT2D eigenvalue weighted by Gasteiger charge is 2.53. The maximum Gasteiger partial charge on any atom is 0.525 e. The summed E-state index contributed by atoms with van der Waals surface area (Å²) in [5, 5.41) is 8.13. The summed E-state index contributed by atoms with van der Waals surface area (Å²) in [6.45, 7) is 9.48. The highest BCUT2D eigenvalue weighted by atomic mass is 19.1. The van der Waals surface area contributed by atoms with Crippen molar-refractivity contribution in [1.29, 1.82) is 0 Å². The molecule has 0 bridgehead atoms. The molecule has 0 aliphatic carbocycles. The van der Waals surface area contributed by atoms with Crippen molar-refractivity contribution in [2.75, 3.05) is 13.6 Å². The molecule has 2 fully saturated rings. The van der Waals surface area contributed by atoms with Crippen molar-refractivity contribution in [3.63, 3.8) is 0 Å². The zero-order valence-electron chi connectivity index (χ0n) is 15.1. The Morgan fingerprint density at radius 1 is 1.38 bits per heavy atom. The first-order valence-electron chi connectivity index (χ1n) is 8.51. The predicted molar refractivity (Wildman–Crippen MR) is 90.8 cm³/mol. The Morgan fingerprint density at radius 3 is 2.62 bits per heavy atom. The fourth-order valence-corrected chi connectivity index (χ4v) is 3.06. The predicted octanol–water partition coefficient (Wildman–Crippen LogP) is 2.31. The quantitative estimate of drug-likeness (QED) is 0.790. The minimum atomic E-state index is -0.999. The minimum Gasteiger partial charge on any atom is -0.398 e. The largest absolute Gasteiger partial charge is 0.525 e. The zero-order valence-corrected chi connectivity index (χ0v) is 15.1. The van der Waals surface area contributed by atoms with Gasteiger partial charge in [-0.1, -0.05) is 5.21 Å². The lowest BCUT2D eigenvalue weighted by molar-refractivity contribution is 0.00578. The fraction of sp³-hybridized carbons (Fsp3) is 0.750. The standard InChI is InChI=1S/C16H26BFN4O2/c1-15(2)16(3,4)24-17(23-15)14(18)9-12-10-22(20-19-12)11-13-7-6-8-21(13)5/h9-10,13H,6-8,11H2,1-5H3.